The van der Waals surface area contributed by atoms with Crippen LogP contribution in [-0.2, 0) is 9.59 Å². The summed E-state index contributed by atoms with van der Waals surface area (Å²) >= 11 is 0. The van der Waals surface area contributed by atoms with Crippen molar-refractivity contribution >= 4 is 23.2 Å². The van der Waals surface area contributed by atoms with Crippen molar-refractivity contribution < 1.29 is 14.5 Å². The van der Waals surface area contributed by atoms with Crippen molar-refractivity contribution in [3.05, 3.63) is 59.2 Å². The second-order valence-electron chi connectivity index (χ2n) is 6.52. The Kier molecular flexibility index (Phi) is 6.31. The monoisotopic (exact) mass is 340 g/mol. The van der Waals surface area contributed by atoms with Crippen LogP contribution in [0.25, 0.3) is 0 Å². The van der Waals surface area contributed by atoms with Crippen LogP contribution in [0.1, 0.15) is 16.7 Å². The fraction of sp³-hybridized carbons (Fsp3) is 0.300. The maximum atomic E-state index is 12.2. The van der Waals surface area contributed by atoms with Crippen LogP contribution in [0.2, 0.25) is 0 Å². The molecule has 1 unspecified atom stereocenters. The van der Waals surface area contributed by atoms with Crippen molar-refractivity contribution in [2.75, 3.05) is 30.8 Å². The zero-order valence-electron chi connectivity index (χ0n) is 15.3. The van der Waals surface area contributed by atoms with E-state index >= 15 is 0 Å². The minimum Gasteiger partial charge on any atom is -0.322 e. The first kappa shape index (κ1) is 18.7. The molecule has 0 saturated carbocycles. The van der Waals surface area contributed by atoms with Crippen molar-refractivity contribution in [3.63, 3.8) is 0 Å². The van der Waals surface area contributed by atoms with Gasteiger partial charge in [-0.05, 0) is 55.7 Å². The summed E-state index contributed by atoms with van der Waals surface area (Å²) in [6.45, 7) is 6.43. The third-order valence-corrected chi connectivity index (χ3v) is 4.11. The van der Waals surface area contributed by atoms with E-state index in [0.29, 0.717) is 0 Å². The van der Waals surface area contributed by atoms with Gasteiger partial charge < -0.3 is 15.5 Å². The molecule has 0 saturated heterocycles. The highest BCUT2D eigenvalue weighted by Gasteiger charge is 2.15. The quantitative estimate of drug-likeness (QED) is 0.750. The Morgan fingerprint density at radius 1 is 0.920 bits per heavy atom. The SMILES string of the molecule is Cc1cccc(NC(=O)C[NH+](C)CC(=O)Nc2cccc(C)c2C)c1. The zero-order chi connectivity index (χ0) is 18.4. The second-order valence-corrected chi connectivity index (χ2v) is 6.52. The van der Waals surface area contributed by atoms with Gasteiger partial charge in [0, 0.05) is 11.4 Å². The first-order chi connectivity index (χ1) is 11.8. The van der Waals surface area contributed by atoms with Gasteiger partial charge in [0.05, 0.1) is 7.05 Å². The molecule has 1 atom stereocenters. The maximum absolute atomic E-state index is 12.2. The molecule has 0 heterocycles. The van der Waals surface area contributed by atoms with E-state index in [0.717, 1.165) is 33.0 Å². The number of hydrogen-bond donors (Lipinski definition) is 3. The molecular formula is C20H26N3O2+. The second kappa shape index (κ2) is 8.44. The van der Waals surface area contributed by atoms with Crippen molar-refractivity contribution in [2.24, 2.45) is 0 Å². The number of quaternary nitrogens is 1. The summed E-state index contributed by atoms with van der Waals surface area (Å²) in [5.74, 6) is -0.211. The van der Waals surface area contributed by atoms with Gasteiger partial charge in [-0.25, -0.2) is 0 Å². The number of rotatable bonds is 6. The Bertz CT molecular complexity index is 771. The lowest BCUT2D eigenvalue weighted by Crippen LogP contribution is -3.11. The van der Waals surface area contributed by atoms with Gasteiger partial charge in [-0.2, -0.15) is 0 Å². The molecule has 3 N–H and O–H groups in total. The maximum Gasteiger partial charge on any atom is 0.279 e. The summed E-state index contributed by atoms with van der Waals surface area (Å²) in [6.07, 6.45) is 0. The first-order valence-corrected chi connectivity index (χ1v) is 8.39. The molecule has 5 heteroatoms. The summed E-state index contributed by atoms with van der Waals surface area (Å²) in [5.41, 5.74) is 4.88. The number of nitrogens with one attached hydrogen (secondary N) is 3. The number of likely N-dealkylation sites (N-methyl/N-ethyl adjacent to an activating group) is 1. The van der Waals surface area contributed by atoms with Crippen LogP contribution in [0.4, 0.5) is 11.4 Å². The van der Waals surface area contributed by atoms with E-state index in [1.807, 2.05) is 70.3 Å². The Balaban J connectivity index is 1.84. The van der Waals surface area contributed by atoms with Gasteiger partial charge in [0.1, 0.15) is 0 Å². The van der Waals surface area contributed by atoms with Gasteiger partial charge in [0.15, 0.2) is 13.1 Å². The van der Waals surface area contributed by atoms with Crippen LogP contribution < -0.4 is 15.5 Å². The number of hydrogen-bond acceptors (Lipinski definition) is 2. The Morgan fingerprint density at radius 2 is 1.56 bits per heavy atom. The molecule has 0 fully saturated rings. The smallest absolute Gasteiger partial charge is 0.279 e. The lowest BCUT2D eigenvalue weighted by Gasteiger charge is -2.15. The van der Waals surface area contributed by atoms with Crippen molar-refractivity contribution in [1.82, 2.24) is 0 Å². The highest BCUT2D eigenvalue weighted by atomic mass is 16.2. The summed E-state index contributed by atoms with van der Waals surface area (Å²) in [4.78, 5) is 25.1. The topological polar surface area (TPSA) is 62.6 Å². The normalized spacial score (nSPS) is 11.7. The number of anilines is 2. The predicted molar refractivity (Wildman–Crippen MR) is 101 cm³/mol. The van der Waals surface area contributed by atoms with Crippen LogP contribution in [-0.4, -0.2) is 32.0 Å². The molecule has 0 aliphatic heterocycles. The lowest BCUT2D eigenvalue weighted by molar-refractivity contribution is -0.862. The van der Waals surface area contributed by atoms with Gasteiger partial charge >= 0.3 is 0 Å². The first-order valence-electron chi connectivity index (χ1n) is 8.39. The number of carbonyl (C=O) groups is 2. The minimum absolute atomic E-state index is 0.102. The van der Waals surface area contributed by atoms with Crippen LogP contribution >= 0.6 is 0 Å². The minimum atomic E-state index is -0.109. The molecular weight excluding hydrogens is 314 g/mol. The Labute approximate surface area is 149 Å². The summed E-state index contributed by atoms with van der Waals surface area (Å²) in [5, 5.41) is 5.78. The van der Waals surface area contributed by atoms with E-state index in [9.17, 15) is 9.59 Å². The fourth-order valence-electron chi connectivity index (χ4n) is 2.62. The predicted octanol–water partition coefficient (Wildman–Crippen LogP) is 1.70. The number of carbonyl (C=O) groups excluding carboxylic acids is 2. The summed E-state index contributed by atoms with van der Waals surface area (Å²) < 4.78 is 0. The number of amides is 2. The average Bonchev–Trinajstić information content (AvgIpc) is 2.51. The van der Waals surface area contributed by atoms with E-state index in [1.54, 1.807) is 0 Å². The highest BCUT2D eigenvalue weighted by molar-refractivity contribution is 5.93. The van der Waals surface area contributed by atoms with Gasteiger partial charge in [0.25, 0.3) is 11.8 Å². The largest absolute Gasteiger partial charge is 0.322 e. The van der Waals surface area contributed by atoms with Crippen molar-refractivity contribution in [3.8, 4) is 0 Å². The van der Waals surface area contributed by atoms with Crippen LogP contribution in [0.3, 0.4) is 0 Å². The van der Waals surface area contributed by atoms with E-state index in [4.69, 9.17) is 0 Å². The molecule has 132 valence electrons. The molecule has 0 bridgehead atoms. The molecule has 2 aromatic carbocycles. The molecule has 2 rings (SSSR count). The van der Waals surface area contributed by atoms with Crippen molar-refractivity contribution in [1.29, 1.82) is 0 Å². The summed E-state index contributed by atoms with van der Waals surface area (Å²) in [6, 6.07) is 13.5. The lowest BCUT2D eigenvalue weighted by atomic mass is 10.1. The van der Waals surface area contributed by atoms with Crippen molar-refractivity contribution in [2.45, 2.75) is 20.8 Å². The molecule has 5 nitrogen and oxygen atoms in total. The van der Waals surface area contributed by atoms with Gasteiger partial charge in [-0.1, -0.05) is 24.3 Å². The molecule has 25 heavy (non-hydrogen) atoms. The van der Waals surface area contributed by atoms with E-state index < -0.39 is 0 Å². The number of benzene rings is 2. The fourth-order valence-corrected chi connectivity index (χ4v) is 2.62. The average molecular weight is 340 g/mol. The molecule has 2 amide bonds. The molecule has 0 aliphatic carbocycles. The van der Waals surface area contributed by atoms with Gasteiger partial charge in [-0.15, -0.1) is 0 Å². The van der Waals surface area contributed by atoms with Crippen LogP contribution in [0.15, 0.2) is 42.5 Å². The molecule has 0 spiro atoms. The van der Waals surface area contributed by atoms with Crippen LogP contribution in [0.5, 0.6) is 0 Å². The third-order valence-electron chi connectivity index (χ3n) is 4.11. The number of aryl methyl sites for hydroxylation is 2. The highest BCUT2D eigenvalue weighted by Crippen LogP contribution is 2.17. The Morgan fingerprint density at radius 3 is 2.24 bits per heavy atom. The van der Waals surface area contributed by atoms with E-state index in [-0.39, 0.29) is 24.9 Å². The molecule has 2 aromatic rings. The molecule has 0 aromatic heterocycles. The van der Waals surface area contributed by atoms with E-state index in [2.05, 4.69) is 10.6 Å². The van der Waals surface area contributed by atoms with Crippen LogP contribution in [0, 0.1) is 20.8 Å². The standard InChI is InChI=1S/C20H25N3O2/c1-14-7-5-9-17(11-14)21-19(24)12-23(4)13-20(25)22-18-10-6-8-15(2)16(18)3/h5-11H,12-13H2,1-4H3,(H,21,24)(H,22,25)/p+1. The third kappa shape index (κ3) is 5.72. The summed E-state index contributed by atoms with van der Waals surface area (Å²) in [7, 11) is 1.83. The Hall–Kier alpha value is -2.66. The zero-order valence-corrected chi connectivity index (χ0v) is 15.3. The van der Waals surface area contributed by atoms with E-state index in [1.165, 1.54) is 0 Å². The van der Waals surface area contributed by atoms with Gasteiger partial charge in [0.2, 0.25) is 0 Å². The molecule has 0 radical (unpaired) electrons. The molecule has 0 aliphatic rings. The van der Waals surface area contributed by atoms with Gasteiger partial charge in [-0.3, -0.25) is 9.59 Å².